The first-order chi connectivity index (χ1) is 14.7. The molecule has 0 radical (unpaired) electrons. The second kappa shape index (κ2) is 11.6. The molecule has 0 bridgehead atoms. The number of carbonyl (C=O) groups is 1. The molecule has 0 saturated carbocycles. The van der Waals surface area contributed by atoms with Crippen molar-refractivity contribution < 1.29 is 9.53 Å². The van der Waals surface area contributed by atoms with Crippen molar-refractivity contribution >= 4 is 17.9 Å². The first-order valence-electron chi connectivity index (χ1n) is 11.4. The van der Waals surface area contributed by atoms with E-state index in [1.807, 2.05) is 19.2 Å². The zero-order chi connectivity index (χ0) is 21.2. The molecular formula is C22H36N6O2. The molecule has 1 aromatic rings. The molecule has 1 amide bonds. The molecule has 0 unspecified atom stereocenters. The predicted molar refractivity (Wildman–Crippen MR) is 120 cm³/mol. The zero-order valence-corrected chi connectivity index (χ0v) is 18.4. The van der Waals surface area contributed by atoms with Crippen LogP contribution in [0.4, 0.5) is 10.6 Å². The van der Waals surface area contributed by atoms with Crippen molar-refractivity contribution in [1.82, 2.24) is 20.5 Å². The third-order valence-electron chi connectivity index (χ3n) is 5.62. The smallest absolute Gasteiger partial charge is 0.409 e. The molecule has 30 heavy (non-hydrogen) atoms. The number of likely N-dealkylation sites (tertiary alicyclic amines) is 1. The summed E-state index contributed by atoms with van der Waals surface area (Å²) in [4.78, 5) is 25.4. The normalized spacial score (nSPS) is 18.3. The van der Waals surface area contributed by atoms with Crippen LogP contribution in [0.1, 0.15) is 51.5 Å². The Balaban J connectivity index is 1.54. The number of pyridine rings is 1. The summed E-state index contributed by atoms with van der Waals surface area (Å²) in [6, 6.07) is 4.50. The molecule has 0 aliphatic carbocycles. The number of amides is 1. The number of carbonyl (C=O) groups excluding carboxylic acids is 1. The molecule has 1 aromatic heterocycles. The molecular weight excluding hydrogens is 380 g/mol. The molecule has 8 heteroatoms. The van der Waals surface area contributed by atoms with Crippen LogP contribution in [-0.4, -0.2) is 67.3 Å². The lowest BCUT2D eigenvalue weighted by atomic mass is 10.1. The predicted octanol–water partition coefficient (Wildman–Crippen LogP) is 2.75. The van der Waals surface area contributed by atoms with Crippen LogP contribution in [0.15, 0.2) is 23.3 Å². The zero-order valence-electron chi connectivity index (χ0n) is 18.4. The highest BCUT2D eigenvalue weighted by molar-refractivity contribution is 5.80. The highest BCUT2D eigenvalue weighted by atomic mass is 16.6. The van der Waals surface area contributed by atoms with Crippen LogP contribution in [0.3, 0.4) is 0 Å². The third-order valence-corrected chi connectivity index (χ3v) is 5.62. The van der Waals surface area contributed by atoms with E-state index >= 15 is 0 Å². The number of nitrogens with one attached hydrogen (secondary N) is 2. The number of hydrogen-bond acceptors (Lipinski definition) is 5. The van der Waals surface area contributed by atoms with Crippen LogP contribution in [0.5, 0.6) is 0 Å². The van der Waals surface area contributed by atoms with E-state index in [4.69, 9.17) is 9.73 Å². The van der Waals surface area contributed by atoms with Gasteiger partial charge in [-0.05, 0) is 63.6 Å². The van der Waals surface area contributed by atoms with Gasteiger partial charge in [-0.2, -0.15) is 0 Å². The largest absolute Gasteiger partial charge is 0.450 e. The topological polar surface area (TPSA) is 82.1 Å². The molecule has 166 valence electrons. The van der Waals surface area contributed by atoms with E-state index in [1.165, 1.54) is 24.8 Å². The fourth-order valence-electron chi connectivity index (χ4n) is 3.96. The number of piperidine rings is 2. The van der Waals surface area contributed by atoms with E-state index in [2.05, 4.69) is 33.5 Å². The maximum absolute atomic E-state index is 11.9. The molecule has 2 fully saturated rings. The van der Waals surface area contributed by atoms with Gasteiger partial charge in [0.15, 0.2) is 5.96 Å². The summed E-state index contributed by atoms with van der Waals surface area (Å²) in [7, 11) is 0. The number of aliphatic imine (C=N–C) groups is 1. The number of ether oxygens (including phenoxy) is 1. The molecule has 3 rings (SSSR count). The van der Waals surface area contributed by atoms with Gasteiger partial charge in [-0.3, -0.25) is 0 Å². The summed E-state index contributed by atoms with van der Waals surface area (Å²) < 4.78 is 5.10. The summed E-state index contributed by atoms with van der Waals surface area (Å²) in [6.45, 7) is 9.35. The average molecular weight is 417 g/mol. The van der Waals surface area contributed by atoms with Crippen LogP contribution >= 0.6 is 0 Å². The van der Waals surface area contributed by atoms with Crippen molar-refractivity contribution in [2.75, 3.05) is 44.2 Å². The Hall–Kier alpha value is -2.51. The van der Waals surface area contributed by atoms with Crippen molar-refractivity contribution in [2.45, 2.75) is 58.5 Å². The number of aromatic nitrogens is 1. The molecule has 2 aliphatic heterocycles. The van der Waals surface area contributed by atoms with E-state index in [-0.39, 0.29) is 6.09 Å². The molecule has 2 saturated heterocycles. The van der Waals surface area contributed by atoms with Gasteiger partial charge in [-0.15, -0.1) is 0 Å². The maximum atomic E-state index is 11.9. The van der Waals surface area contributed by atoms with Crippen molar-refractivity contribution in [3.05, 3.63) is 23.9 Å². The number of guanidine groups is 1. The third kappa shape index (κ3) is 6.50. The SMILES string of the molecule is CCNC(=NCc1ccnc(N2CCCCC2)c1)NC1CCN(C(=O)OCC)CC1. The van der Waals surface area contributed by atoms with Gasteiger partial charge in [0.1, 0.15) is 5.82 Å². The molecule has 0 aromatic carbocycles. The second-order valence-corrected chi connectivity index (χ2v) is 7.87. The molecule has 2 N–H and O–H groups in total. The first kappa shape index (κ1) is 22.2. The van der Waals surface area contributed by atoms with Crippen molar-refractivity contribution in [3.63, 3.8) is 0 Å². The molecule has 0 spiro atoms. The molecule has 0 atom stereocenters. The number of rotatable bonds is 6. The van der Waals surface area contributed by atoms with Gasteiger partial charge >= 0.3 is 6.09 Å². The minimum atomic E-state index is -0.210. The molecule has 2 aliphatic rings. The summed E-state index contributed by atoms with van der Waals surface area (Å²) in [6.07, 6.45) is 7.26. The van der Waals surface area contributed by atoms with Gasteiger partial charge in [0.2, 0.25) is 0 Å². The van der Waals surface area contributed by atoms with E-state index in [1.54, 1.807) is 4.90 Å². The standard InChI is InChI=1S/C22H36N6O2/c1-3-23-21(26-19-9-14-28(15-10-19)22(29)30-4-2)25-17-18-8-11-24-20(16-18)27-12-6-5-7-13-27/h8,11,16,19H,3-7,9-10,12-15,17H2,1-2H3,(H2,23,25,26). The van der Waals surface area contributed by atoms with Crippen LogP contribution in [0.2, 0.25) is 0 Å². The van der Waals surface area contributed by atoms with Gasteiger partial charge in [-0.25, -0.2) is 14.8 Å². The van der Waals surface area contributed by atoms with Gasteiger partial charge < -0.3 is 25.2 Å². The quantitative estimate of drug-likeness (QED) is 0.548. The summed E-state index contributed by atoms with van der Waals surface area (Å²) >= 11 is 0. The van der Waals surface area contributed by atoms with Crippen LogP contribution < -0.4 is 15.5 Å². The Morgan fingerprint density at radius 2 is 1.97 bits per heavy atom. The lowest BCUT2D eigenvalue weighted by Crippen LogP contribution is -2.49. The minimum Gasteiger partial charge on any atom is -0.450 e. The van der Waals surface area contributed by atoms with Crippen molar-refractivity contribution in [3.8, 4) is 0 Å². The van der Waals surface area contributed by atoms with Crippen LogP contribution in [0, 0.1) is 0 Å². The van der Waals surface area contributed by atoms with E-state index < -0.39 is 0 Å². The van der Waals surface area contributed by atoms with Crippen molar-refractivity contribution in [1.29, 1.82) is 0 Å². The number of anilines is 1. The van der Waals surface area contributed by atoms with E-state index in [0.29, 0.717) is 32.3 Å². The average Bonchev–Trinajstić information content (AvgIpc) is 2.79. The lowest BCUT2D eigenvalue weighted by Gasteiger charge is -2.32. The number of nitrogens with zero attached hydrogens (tertiary/aromatic N) is 4. The Bertz CT molecular complexity index is 697. The lowest BCUT2D eigenvalue weighted by molar-refractivity contribution is 0.0963. The first-order valence-corrected chi connectivity index (χ1v) is 11.4. The van der Waals surface area contributed by atoms with Gasteiger partial charge in [0.05, 0.1) is 13.2 Å². The van der Waals surface area contributed by atoms with E-state index in [0.717, 1.165) is 44.3 Å². The minimum absolute atomic E-state index is 0.210. The van der Waals surface area contributed by atoms with Gasteiger partial charge in [0.25, 0.3) is 0 Å². The second-order valence-electron chi connectivity index (χ2n) is 7.87. The summed E-state index contributed by atoms with van der Waals surface area (Å²) in [5.41, 5.74) is 1.17. The molecule has 8 nitrogen and oxygen atoms in total. The van der Waals surface area contributed by atoms with Crippen LogP contribution in [-0.2, 0) is 11.3 Å². The Morgan fingerprint density at radius 3 is 2.67 bits per heavy atom. The fraction of sp³-hybridized carbons (Fsp3) is 0.682. The Labute approximate surface area is 180 Å². The van der Waals surface area contributed by atoms with E-state index in [9.17, 15) is 4.79 Å². The highest BCUT2D eigenvalue weighted by Gasteiger charge is 2.24. The maximum Gasteiger partial charge on any atom is 0.409 e. The summed E-state index contributed by atoms with van der Waals surface area (Å²) in [5, 5.41) is 6.87. The van der Waals surface area contributed by atoms with Crippen LogP contribution in [0.25, 0.3) is 0 Å². The molecule has 3 heterocycles. The highest BCUT2D eigenvalue weighted by Crippen LogP contribution is 2.18. The Kier molecular flexibility index (Phi) is 8.59. The monoisotopic (exact) mass is 416 g/mol. The van der Waals surface area contributed by atoms with Gasteiger partial charge in [-0.1, -0.05) is 0 Å². The van der Waals surface area contributed by atoms with Gasteiger partial charge in [0, 0.05) is 45.0 Å². The number of hydrogen-bond donors (Lipinski definition) is 2. The fourth-order valence-corrected chi connectivity index (χ4v) is 3.96. The van der Waals surface area contributed by atoms with Crippen molar-refractivity contribution in [2.24, 2.45) is 4.99 Å². The summed E-state index contributed by atoms with van der Waals surface area (Å²) in [5.74, 6) is 1.88. The Morgan fingerprint density at radius 1 is 1.20 bits per heavy atom.